The van der Waals surface area contributed by atoms with Crippen LogP contribution in [0.5, 0.6) is 0 Å². The van der Waals surface area contributed by atoms with Crippen LogP contribution in [0.15, 0.2) is 4.99 Å². The molecule has 0 fully saturated rings. The Hall–Kier alpha value is -0.370. The molecule has 0 atom stereocenters. The summed E-state index contributed by atoms with van der Waals surface area (Å²) in [5.41, 5.74) is 0. The van der Waals surface area contributed by atoms with Gasteiger partial charge < -0.3 is 4.90 Å². The summed E-state index contributed by atoms with van der Waals surface area (Å²) in [6, 6.07) is 2.02. The number of nitrogens with one attached hydrogen (secondary N) is 1. The molecule has 0 aromatic carbocycles. The standard InChI is InChI=1S/C7H15N3.ClH/c1-10(2)6-4-3-5-9-7-8;/h8H,3-6H2,1-2H3;1H. The van der Waals surface area contributed by atoms with Gasteiger partial charge in [0.1, 0.15) is 0 Å². The van der Waals surface area contributed by atoms with E-state index in [-0.39, 0.29) is 12.4 Å². The van der Waals surface area contributed by atoms with Gasteiger partial charge in [-0.05, 0) is 33.5 Å². The zero-order chi connectivity index (χ0) is 7.82. The fourth-order valence-electron chi connectivity index (χ4n) is 0.675. The Bertz CT molecular complexity index is 119. The van der Waals surface area contributed by atoms with Crippen molar-refractivity contribution in [3.8, 4) is 0 Å². The number of halogens is 1. The molecule has 0 aliphatic carbocycles. The van der Waals surface area contributed by atoms with Crippen LogP contribution >= 0.6 is 12.4 Å². The largest absolute Gasteiger partial charge is 0.309 e. The smallest absolute Gasteiger partial charge is 0.0861 e. The van der Waals surface area contributed by atoms with Crippen molar-refractivity contribution in [3.05, 3.63) is 0 Å². The van der Waals surface area contributed by atoms with E-state index in [0.717, 1.165) is 25.9 Å². The van der Waals surface area contributed by atoms with E-state index in [1.54, 1.807) is 0 Å². The fraction of sp³-hybridized carbons (Fsp3) is 0.857. The molecule has 0 saturated carbocycles. The molecule has 0 radical (unpaired) electrons. The quantitative estimate of drug-likeness (QED) is 0.502. The van der Waals surface area contributed by atoms with Crippen LogP contribution in [-0.2, 0) is 0 Å². The maximum Gasteiger partial charge on any atom is 0.0861 e. The van der Waals surface area contributed by atoms with E-state index in [0.29, 0.717) is 0 Å². The first-order valence-corrected chi connectivity index (χ1v) is 3.50. The summed E-state index contributed by atoms with van der Waals surface area (Å²) < 4.78 is 0. The second kappa shape index (κ2) is 9.63. The molecule has 0 amide bonds. The fourth-order valence-corrected chi connectivity index (χ4v) is 0.675. The Morgan fingerprint density at radius 2 is 2.00 bits per heavy atom. The minimum Gasteiger partial charge on any atom is -0.309 e. The molecule has 0 heterocycles. The molecule has 0 aliphatic rings. The molecule has 0 aliphatic heterocycles. The van der Waals surface area contributed by atoms with Crippen LogP contribution < -0.4 is 0 Å². The van der Waals surface area contributed by atoms with E-state index < -0.39 is 0 Å². The summed E-state index contributed by atoms with van der Waals surface area (Å²) in [5.74, 6) is 0. The van der Waals surface area contributed by atoms with E-state index in [4.69, 9.17) is 5.41 Å². The third kappa shape index (κ3) is 12.8. The Morgan fingerprint density at radius 1 is 1.36 bits per heavy atom. The molecule has 11 heavy (non-hydrogen) atoms. The molecule has 66 valence electrons. The Kier molecular flexibility index (Phi) is 11.6. The summed E-state index contributed by atoms with van der Waals surface area (Å²) >= 11 is 0. The number of rotatable bonds is 5. The number of hydrogen-bond donors (Lipinski definition) is 1. The average molecular weight is 178 g/mol. The van der Waals surface area contributed by atoms with Crippen LogP contribution in [0.1, 0.15) is 12.8 Å². The maximum atomic E-state index is 6.50. The highest BCUT2D eigenvalue weighted by Gasteiger charge is 1.88. The van der Waals surface area contributed by atoms with Crippen LogP contribution in [0.25, 0.3) is 0 Å². The van der Waals surface area contributed by atoms with Gasteiger partial charge in [-0.1, -0.05) is 0 Å². The van der Waals surface area contributed by atoms with Crippen molar-refractivity contribution in [2.24, 2.45) is 4.99 Å². The van der Waals surface area contributed by atoms with Gasteiger partial charge in [0.05, 0.1) is 6.01 Å². The van der Waals surface area contributed by atoms with Crippen molar-refractivity contribution >= 4 is 18.4 Å². The normalized spacial score (nSPS) is 8.64. The second-order valence-corrected chi connectivity index (χ2v) is 2.50. The molecular formula is C7H16ClN3. The van der Waals surface area contributed by atoms with Crippen LogP contribution in [0.2, 0.25) is 0 Å². The summed E-state index contributed by atoms with van der Waals surface area (Å²) in [4.78, 5) is 5.81. The van der Waals surface area contributed by atoms with Crippen molar-refractivity contribution in [1.82, 2.24) is 4.90 Å². The van der Waals surface area contributed by atoms with Crippen LogP contribution in [0.3, 0.4) is 0 Å². The van der Waals surface area contributed by atoms with E-state index in [2.05, 4.69) is 24.0 Å². The lowest BCUT2D eigenvalue weighted by molar-refractivity contribution is 0.396. The van der Waals surface area contributed by atoms with Gasteiger partial charge in [-0.2, -0.15) is 0 Å². The second-order valence-electron chi connectivity index (χ2n) is 2.50. The average Bonchev–Trinajstić information content (AvgIpc) is 1.87. The van der Waals surface area contributed by atoms with Gasteiger partial charge in [0.2, 0.25) is 0 Å². The summed E-state index contributed by atoms with van der Waals surface area (Å²) in [7, 11) is 4.11. The zero-order valence-electron chi connectivity index (χ0n) is 7.13. The lowest BCUT2D eigenvalue weighted by atomic mass is 10.3. The highest BCUT2D eigenvalue weighted by molar-refractivity contribution is 5.85. The van der Waals surface area contributed by atoms with Crippen molar-refractivity contribution in [1.29, 1.82) is 5.41 Å². The first-order valence-electron chi connectivity index (χ1n) is 3.50. The number of hydrogen-bond acceptors (Lipinski definition) is 3. The molecule has 0 spiro atoms. The van der Waals surface area contributed by atoms with Gasteiger partial charge >= 0.3 is 0 Å². The highest BCUT2D eigenvalue weighted by Crippen LogP contribution is 1.89. The summed E-state index contributed by atoms with van der Waals surface area (Å²) in [6.07, 6.45) is 2.21. The molecule has 3 nitrogen and oxygen atoms in total. The Labute approximate surface area is 74.4 Å². The third-order valence-electron chi connectivity index (χ3n) is 1.20. The number of unbranched alkanes of at least 4 members (excludes halogenated alkanes) is 1. The first kappa shape index (κ1) is 13.2. The summed E-state index contributed by atoms with van der Waals surface area (Å²) in [5, 5.41) is 6.50. The number of aliphatic imine (C=N–C) groups is 1. The molecule has 0 bridgehead atoms. The monoisotopic (exact) mass is 177 g/mol. The van der Waals surface area contributed by atoms with E-state index >= 15 is 0 Å². The van der Waals surface area contributed by atoms with Gasteiger partial charge in [0.25, 0.3) is 0 Å². The van der Waals surface area contributed by atoms with Crippen molar-refractivity contribution in [2.45, 2.75) is 12.8 Å². The van der Waals surface area contributed by atoms with Gasteiger partial charge in [-0.3, -0.25) is 0 Å². The lowest BCUT2D eigenvalue weighted by Crippen LogP contribution is -2.12. The third-order valence-corrected chi connectivity index (χ3v) is 1.20. The molecule has 0 unspecified atom stereocenters. The first-order chi connectivity index (χ1) is 4.77. The zero-order valence-corrected chi connectivity index (χ0v) is 7.95. The van der Waals surface area contributed by atoms with Crippen LogP contribution in [0, 0.1) is 5.41 Å². The lowest BCUT2D eigenvalue weighted by Gasteiger charge is -2.06. The minimum atomic E-state index is 0. The minimum absolute atomic E-state index is 0. The van der Waals surface area contributed by atoms with Crippen LogP contribution in [0.4, 0.5) is 0 Å². The molecule has 0 rings (SSSR count). The highest BCUT2D eigenvalue weighted by atomic mass is 35.5. The molecule has 0 aromatic heterocycles. The van der Waals surface area contributed by atoms with Crippen molar-refractivity contribution in [3.63, 3.8) is 0 Å². The number of nitrogens with zero attached hydrogens (tertiary/aromatic N) is 2. The molecule has 0 saturated heterocycles. The molecule has 1 N–H and O–H groups in total. The van der Waals surface area contributed by atoms with Gasteiger partial charge in [-0.25, -0.2) is 10.4 Å². The Balaban J connectivity index is 0. The van der Waals surface area contributed by atoms with E-state index in [1.807, 2.05) is 6.01 Å². The molecule has 4 heteroatoms. The van der Waals surface area contributed by atoms with Gasteiger partial charge in [0.15, 0.2) is 0 Å². The van der Waals surface area contributed by atoms with E-state index in [9.17, 15) is 0 Å². The topological polar surface area (TPSA) is 39.5 Å². The van der Waals surface area contributed by atoms with E-state index in [1.165, 1.54) is 0 Å². The van der Waals surface area contributed by atoms with Crippen molar-refractivity contribution in [2.75, 3.05) is 27.2 Å². The Morgan fingerprint density at radius 3 is 2.45 bits per heavy atom. The summed E-state index contributed by atoms with van der Waals surface area (Å²) in [6.45, 7) is 1.85. The maximum absolute atomic E-state index is 6.50. The van der Waals surface area contributed by atoms with Gasteiger partial charge in [-0.15, -0.1) is 12.4 Å². The predicted octanol–water partition coefficient (Wildman–Crippen LogP) is 1.50. The molecule has 0 aromatic rings. The van der Waals surface area contributed by atoms with Gasteiger partial charge in [0, 0.05) is 6.54 Å². The molecular weight excluding hydrogens is 162 g/mol. The van der Waals surface area contributed by atoms with Crippen LogP contribution in [-0.4, -0.2) is 38.1 Å². The van der Waals surface area contributed by atoms with Crippen molar-refractivity contribution < 1.29 is 0 Å². The SMILES string of the molecule is CN(C)CCCCN=C=N.Cl. The predicted molar refractivity (Wildman–Crippen MR) is 50.1 cm³/mol.